The zero-order chi connectivity index (χ0) is 11.3. The van der Waals surface area contributed by atoms with Crippen molar-refractivity contribution in [3.05, 3.63) is 0 Å². The molecule has 16 heavy (non-hydrogen) atoms. The van der Waals surface area contributed by atoms with Crippen LogP contribution < -0.4 is 5.73 Å². The van der Waals surface area contributed by atoms with Crippen molar-refractivity contribution < 1.29 is 9.53 Å². The van der Waals surface area contributed by atoms with E-state index in [0.29, 0.717) is 18.9 Å². The van der Waals surface area contributed by atoms with Crippen LogP contribution in [0.25, 0.3) is 0 Å². The largest absolute Gasteiger partial charge is 0.384 e. The van der Waals surface area contributed by atoms with Gasteiger partial charge in [0.1, 0.15) is 0 Å². The lowest BCUT2D eigenvalue weighted by Gasteiger charge is -2.34. The Hall–Kier alpha value is -0.320. The van der Waals surface area contributed by atoms with Crippen molar-refractivity contribution in [1.29, 1.82) is 0 Å². The summed E-state index contributed by atoms with van der Waals surface area (Å²) in [6.45, 7) is 4.23. The maximum Gasteiger partial charge on any atom is 0.224 e. The highest BCUT2D eigenvalue weighted by Crippen LogP contribution is 2.19. The van der Waals surface area contributed by atoms with Crippen LogP contribution in [0.5, 0.6) is 0 Å². The Balaban J connectivity index is 0.00000225. The molecule has 0 aromatic rings. The highest BCUT2D eigenvalue weighted by atomic mass is 35.5. The molecule has 1 aliphatic rings. The molecule has 0 bridgehead atoms. The Labute approximate surface area is 104 Å². The first-order valence-corrected chi connectivity index (χ1v) is 5.67. The second-order valence-electron chi connectivity index (χ2n) is 4.34. The van der Waals surface area contributed by atoms with Gasteiger partial charge in [-0.1, -0.05) is 0 Å². The number of likely N-dealkylation sites (tertiary alicyclic amines) is 1. The van der Waals surface area contributed by atoms with E-state index in [2.05, 4.69) is 0 Å². The molecule has 2 N–H and O–H groups in total. The zero-order valence-corrected chi connectivity index (χ0v) is 11.0. The van der Waals surface area contributed by atoms with Crippen LogP contribution in [0.2, 0.25) is 0 Å². The molecule has 1 rings (SSSR count). The number of hydrogen-bond acceptors (Lipinski definition) is 3. The Kier molecular flexibility index (Phi) is 7.72. The van der Waals surface area contributed by atoms with E-state index in [4.69, 9.17) is 10.5 Å². The van der Waals surface area contributed by atoms with Crippen LogP contribution in [0.1, 0.15) is 26.2 Å². The summed E-state index contributed by atoms with van der Waals surface area (Å²) < 4.78 is 4.91. The van der Waals surface area contributed by atoms with E-state index in [1.165, 1.54) is 0 Å². The molecule has 0 radical (unpaired) electrons. The molecule has 2 atom stereocenters. The van der Waals surface area contributed by atoms with Crippen LogP contribution in [0.15, 0.2) is 0 Å². The number of ether oxygens (including phenoxy) is 1. The maximum absolute atomic E-state index is 11.7. The molecule has 1 amide bonds. The minimum Gasteiger partial charge on any atom is -0.384 e. The molecule has 0 saturated carbocycles. The molecule has 4 nitrogen and oxygen atoms in total. The lowest BCUT2D eigenvalue weighted by Crippen LogP contribution is -2.45. The van der Waals surface area contributed by atoms with Crippen LogP contribution in [0.3, 0.4) is 0 Å². The summed E-state index contributed by atoms with van der Waals surface area (Å²) in [5, 5.41) is 0. The third-order valence-electron chi connectivity index (χ3n) is 3.07. The highest BCUT2D eigenvalue weighted by molar-refractivity contribution is 5.85. The summed E-state index contributed by atoms with van der Waals surface area (Å²) >= 11 is 0. The molecule has 96 valence electrons. The Morgan fingerprint density at radius 3 is 2.88 bits per heavy atom. The van der Waals surface area contributed by atoms with E-state index in [9.17, 15) is 4.79 Å². The second kappa shape index (κ2) is 7.87. The summed E-state index contributed by atoms with van der Waals surface area (Å²) in [4.78, 5) is 13.7. The maximum atomic E-state index is 11.7. The molecule has 0 aliphatic carbocycles. The number of nitrogens with two attached hydrogens (primary N) is 1. The first-order chi connectivity index (χ1) is 7.15. The van der Waals surface area contributed by atoms with Crippen LogP contribution in [-0.2, 0) is 9.53 Å². The van der Waals surface area contributed by atoms with Gasteiger partial charge in [0.25, 0.3) is 0 Å². The van der Waals surface area contributed by atoms with Gasteiger partial charge in [0, 0.05) is 26.2 Å². The van der Waals surface area contributed by atoms with Crippen LogP contribution >= 0.6 is 12.4 Å². The molecular weight excluding hydrogens is 228 g/mol. The van der Waals surface area contributed by atoms with Crippen molar-refractivity contribution in [3.63, 3.8) is 0 Å². The number of nitrogens with zero attached hydrogens (tertiary/aromatic N) is 1. The van der Waals surface area contributed by atoms with Gasteiger partial charge in [-0.2, -0.15) is 0 Å². The lowest BCUT2D eigenvalue weighted by atomic mass is 9.92. The van der Waals surface area contributed by atoms with E-state index in [-0.39, 0.29) is 24.4 Å². The normalized spacial score (nSPS) is 22.4. The van der Waals surface area contributed by atoms with Gasteiger partial charge in [0.05, 0.1) is 13.0 Å². The topological polar surface area (TPSA) is 55.6 Å². The van der Waals surface area contributed by atoms with Gasteiger partial charge < -0.3 is 15.4 Å². The fraction of sp³-hybridized carbons (Fsp3) is 0.909. The van der Waals surface area contributed by atoms with Crippen LogP contribution in [0.4, 0.5) is 0 Å². The third kappa shape index (κ3) is 4.68. The molecule has 1 aliphatic heterocycles. The van der Waals surface area contributed by atoms with Crippen molar-refractivity contribution in [2.45, 2.75) is 32.2 Å². The summed E-state index contributed by atoms with van der Waals surface area (Å²) in [5.41, 5.74) is 5.87. The summed E-state index contributed by atoms with van der Waals surface area (Å²) in [5.74, 6) is 0.660. The Morgan fingerprint density at radius 2 is 2.31 bits per heavy atom. The lowest BCUT2D eigenvalue weighted by molar-refractivity contribution is -0.134. The van der Waals surface area contributed by atoms with E-state index in [1.54, 1.807) is 7.11 Å². The molecule has 0 aromatic carbocycles. The predicted molar refractivity (Wildman–Crippen MR) is 66.7 cm³/mol. The predicted octanol–water partition coefficient (Wildman–Crippen LogP) is 1.03. The number of carbonyl (C=O) groups is 1. The van der Waals surface area contributed by atoms with Crippen molar-refractivity contribution >= 4 is 18.3 Å². The van der Waals surface area contributed by atoms with Gasteiger partial charge in [-0.05, 0) is 25.7 Å². The van der Waals surface area contributed by atoms with E-state index in [0.717, 1.165) is 25.9 Å². The second-order valence-corrected chi connectivity index (χ2v) is 4.34. The molecule has 0 spiro atoms. The van der Waals surface area contributed by atoms with E-state index >= 15 is 0 Å². The number of amides is 1. The number of piperidine rings is 1. The number of halogens is 1. The molecule has 2 unspecified atom stereocenters. The molecule has 0 aromatic heterocycles. The van der Waals surface area contributed by atoms with Crippen LogP contribution in [0, 0.1) is 5.92 Å². The minimum absolute atomic E-state index is 0. The number of methoxy groups -OCH3 is 1. The van der Waals surface area contributed by atoms with Gasteiger partial charge in [0.2, 0.25) is 5.91 Å². The van der Waals surface area contributed by atoms with Crippen LogP contribution in [-0.4, -0.2) is 43.7 Å². The van der Waals surface area contributed by atoms with Crippen molar-refractivity contribution in [1.82, 2.24) is 4.90 Å². The average molecular weight is 251 g/mol. The fourth-order valence-electron chi connectivity index (χ4n) is 2.01. The quantitative estimate of drug-likeness (QED) is 0.811. The standard InChI is InChI=1S/C11H22N2O2.ClH/c1-9(12)10-4-3-6-13(8-10)11(14)5-7-15-2;/h9-10H,3-8,12H2,1-2H3;1H. The smallest absolute Gasteiger partial charge is 0.224 e. The molecule has 1 heterocycles. The number of carbonyl (C=O) groups excluding carboxylic acids is 1. The SMILES string of the molecule is COCCC(=O)N1CCCC(C(C)N)C1.Cl. The highest BCUT2D eigenvalue weighted by Gasteiger charge is 2.25. The Morgan fingerprint density at radius 1 is 1.62 bits per heavy atom. The monoisotopic (exact) mass is 250 g/mol. The summed E-state index contributed by atoms with van der Waals surface area (Å²) in [6.07, 6.45) is 2.71. The zero-order valence-electron chi connectivity index (χ0n) is 10.1. The van der Waals surface area contributed by atoms with E-state index in [1.807, 2.05) is 11.8 Å². The van der Waals surface area contributed by atoms with Crippen molar-refractivity contribution in [3.8, 4) is 0 Å². The van der Waals surface area contributed by atoms with Crippen molar-refractivity contribution in [2.24, 2.45) is 11.7 Å². The van der Waals surface area contributed by atoms with Gasteiger partial charge >= 0.3 is 0 Å². The Bertz CT molecular complexity index is 212. The molecular formula is C11H23ClN2O2. The first kappa shape index (κ1) is 15.7. The summed E-state index contributed by atoms with van der Waals surface area (Å²) in [7, 11) is 1.62. The third-order valence-corrected chi connectivity index (χ3v) is 3.07. The average Bonchev–Trinajstić information content (AvgIpc) is 2.26. The minimum atomic E-state index is 0. The number of rotatable bonds is 4. The molecule has 1 saturated heterocycles. The van der Waals surface area contributed by atoms with Gasteiger partial charge in [-0.25, -0.2) is 0 Å². The molecule has 5 heteroatoms. The van der Waals surface area contributed by atoms with Gasteiger partial charge in [-0.15, -0.1) is 12.4 Å². The fourth-order valence-corrected chi connectivity index (χ4v) is 2.01. The number of hydrogen-bond donors (Lipinski definition) is 1. The van der Waals surface area contributed by atoms with Gasteiger partial charge in [-0.3, -0.25) is 4.79 Å². The van der Waals surface area contributed by atoms with E-state index < -0.39 is 0 Å². The first-order valence-electron chi connectivity index (χ1n) is 5.67. The summed E-state index contributed by atoms with van der Waals surface area (Å²) in [6, 6.07) is 0.183. The van der Waals surface area contributed by atoms with Crippen molar-refractivity contribution in [2.75, 3.05) is 26.8 Å². The van der Waals surface area contributed by atoms with Gasteiger partial charge in [0.15, 0.2) is 0 Å². The molecule has 1 fully saturated rings.